The molecule has 1 aromatic heterocycles. The van der Waals surface area contributed by atoms with Crippen LogP contribution in [0.2, 0.25) is 0 Å². The van der Waals surface area contributed by atoms with E-state index in [4.69, 9.17) is 4.78 Å². The molecule has 1 amide bonds. The number of nitrogens with zero attached hydrogens (tertiary/aromatic N) is 2. The lowest BCUT2D eigenvalue weighted by Crippen LogP contribution is -2.30. The highest BCUT2D eigenvalue weighted by molar-refractivity contribution is 7.91. The number of halogens is 5. The molecule has 6 nitrogen and oxygen atoms in total. The van der Waals surface area contributed by atoms with Crippen molar-refractivity contribution in [3.05, 3.63) is 47.2 Å². The van der Waals surface area contributed by atoms with E-state index in [0.29, 0.717) is 6.20 Å². The van der Waals surface area contributed by atoms with Gasteiger partial charge in [-0.25, -0.2) is 22.8 Å². The van der Waals surface area contributed by atoms with Crippen LogP contribution in [0.4, 0.5) is 33.5 Å². The molecule has 0 spiro atoms. The Morgan fingerprint density at radius 1 is 1.24 bits per heavy atom. The Morgan fingerprint density at radius 2 is 1.94 bits per heavy atom. The third kappa shape index (κ3) is 5.79. The van der Waals surface area contributed by atoms with Crippen LogP contribution in [0, 0.1) is 11.7 Å². The van der Waals surface area contributed by atoms with Gasteiger partial charge in [-0.15, -0.1) is 0 Å². The third-order valence-corrected chi connectivity index (χ3v) is 6.56. The summed E-state index contributed by atoms with van der Waals surface area (Å²) in [7, 11) is -3.09. The molecule has 1 atom stereocenters. The molecule has 1 saturated heterocycles. The molecule has 33 heavy (non-hydrogen) atoms. The highest BCUT2D eigenvalue weighted by atomic mass is 32.2. The smallest absolute Gasteiger partial charge is 0.356 e. The van der Waals surface area contributed by atoms with Gasteiger partial charge >= 0.3 is 6.18 Å². The van der Waals surface area contributed by atoms with Gasteiger partial charge in [0.15, 0.2) is 0 Å². The molecule has 2 heterocycles. The number of carbonyl (C=O) groups excluding carboxylic acids is 1. The molecule has 1 fully saturated rings. The van der Waals surface area contributed by atoms with Crippen LogP contribution in [0.5, 0.6) is 0 Å². The van der Waals surface area contributed by atoms with Crippen molar-refractivity contribution in [1.82, 2.24) is 4.98 Å². The summed E-state index contributed by atoms with van der Waals surface area (Å²) in [6.45, 7) is 1.08. The molecule has 1 aliphatic heterocycles. The lowest BCUT2D eigenvalue weighted by molar-refractivity contribution is -0.138. The lowest BCUT2D eigenvalue weighted by atomic mass is 10.0. The predicted octanol–water partition coefficient (Wildman–Crippen LogP) is 5.32. The standard InChI is InChI=1S/C21H23F5N4O2S/c1-13-16(21(24,25)26)12-28-18(30-9-4-7-20(22,23)8-10-30)17(13)19(31)29-14-5-3-6-15(11-14)33(2,27)32/h3,5-6,11-12,27H,4,7-10H2,1-2H3,(H,29,31). The number of aromatic nitrogens is 1. The van der Waals surface area contributed by atoms with E-state index in [1.807, 2.05) is 0 Å². The molecule has 180 valence electrons. The molecule has 0 bridgehead atoms. The highest BCUT2D eigenvalue weighted by Crippen LogP contribution is 2.37. The Balaban J connectivity index is 2.05. The van der Waals surface area contributed by atoms with Crippen LogP contribution < -0.4 is 10.2 Å². The van der Waals surface area contributed by atoms with E-state index in [-0.39, 0.29) is 53.5 Å². The van der Waals surface area contributed by atoms with Crippen LogP contribution in [0.3, 0.4) is 0 Å². The number of benzene rings is 1. The average molecular weight is 490 g/mol. The van der Waals surface area contributed by atoms with Gasteiger partial charge in [0.05, 0.1) is 20.9 Å². The van der Waals surface area contributed by atoms with Crippen molar-refractivity contribution >= 4 is 27.1 Å². The van der Waals surface area contributed by atoms with Gasteiger partial charge < -0.3 is 10.2 Å². The van der Waals surface area contributed by atoms with Gasteiger partial charge in [0.2, 0.25) is 5.92 Å². The van der Waals surface area contributed by atoms with Crippen molar-refractivity contribution in [1.29, 1.82) is 4.78 Å². The molecule has 3 rings (SSSR count). The topological polar surface area (TPSA) is 86.2 Å². The Morgan fingerprint density at radius 3 is 2.58 bits per heavy atom. The number of carbonyl (C=O) groups is 1. The molecule has 1 aliphatic rings. The zero-order chi connectivity index (χ0) is 24.6. The van der Waals surface area contributed by atoms with Gasteiger partial charge in [-0.3, -0.25) is 4.79 Å². The van der Waals surface area contributed by atoms with Gasteiger partial charge in [0.25, 0.3) is 5.91 Å². The first kappa shape index (κ1) is 24.9. The van der Waals surface area contributed by atoms with Crippen molar-refractivity contribution in [3.63, 3.8) is 0 Å². The minimum atomic E-state index is -4.77. The Bertz CT molecular complexity index is 1170. The first-order valence-corrected chi connectivity index (χ1v) is 12.0. The van der Waals surface area contributed by atoms with E-state index < -0.39 is 39.7 Å². The zero-order valence-electron chi connectivity index (χ0n) is 17.9. The lowest BCUT2D eigenvalue weighted by Gasteiger charge is -2.26. The number of rotatable bonds is 4. The van der Waals surface area contributed by atoms with E-state index in [1.165, 1.54) is 35.4 Å². The summed E-state index contributed by atoms with van der Waals surface area (Å²) in [5.41, 5.74) is -1.72. The summed E-state index contributed by atoms with van der Waals surface area (Å²) in [5.74, 6) is -3.92. The Kier molecular flexibility index (Phi) is 6.69. The van der Waals surface area contributed by atoms with Crippen molar-refractivity contribution in [3.8, 4) is 0 Å². The molecular formula is C21H23F5N4O2S. The minimum absolute atomic E-state index is 0.0895. The first-order chi connectivity index (χ1) is 15.2. The number of alkyl halides is 5. The Hall–Kier alpha value is -2.76. The average Bonchev–Trinajstić information content (AvgIpc) is 2.86. The first-order valence-electron chi connectivity index (χ1n) is 10.0. The van der Waals surface area contributed by atoms with Crippen LogP contribution in [-0.2, 0) is 15.9 Å². The van der Waals surface area contributed by atoms with Crippen LogP contribution in [0.1, 0.15) is 40.7 Å². The van der Waals surface area contributed by atoms with Crippen molar-refractivity contribution in [2.75, 3.05) is 29.6 Å². The predicted molar refractivity (Wildman–Crippen MR) is 114 cm³/mol. The number of nitrogens with one attached hydrogen (secondary N) is 2. The molecule has 0 saturated carbocycles. The number of hydrogen-bond donors (Lipinski definition) is 2. The molecule has 2 aromatic rings. The van der Waals surface area contributed by atoms with Gasteiger partial charge in [-0.2, -0.15) is 13.2 Å². The maximum absolute atomic E-state index is 13.8. The number of pyridine rings is 1. The fraction of sp³-hybridized carbons (Fsp3) is 0.429. The quantitative estimate of drug-likeness (QED) is 0.568. The SMILES string of the molecule is Cc1c(C(F)(F)F)cnc(N2CCCC(F)(F)CC2)c1C(=O)Nc1cccc(S(C)(=N)=O)c1. The molecular weight excluding hydrogens is 467 g/mol. The van der Waals surface area contributed by atoms with Gasteiger partial charge in [0.1, 0.15) is 5.82 Å². The molecule has 0 aliphatic carbocycles. The van der Waals surface area contributed by atoms with Crippen molar-refractivity contribution < 1.29 is 31.0 Å². The van der Waals surface area contributed by atoms with E-state index >= 15 is 0 Å². The summed E-state index contributed by atoms with van der Waals surface area (Å²) >= 11 is 0. The molecule has 1 aromatic carbocycles. The number of amides is 1. The highest BCUT2D eigenvalue weighted by Gasteiger charge is 2.38. The summed E-state index contributed by atoms with van der Waals surface area (Å²) < 4.78 is 87.8. The fourth-order valence-electron chi connectivity index (χ4n) is 3.67. The van der Waals surface area contributed by atoms with Gasteiger partial charge in [0, 0.05) is 49.0 Å². The second-order valence-corrected chi connectivity index (χ2v) is 10.2. The summed E-state index contributed by atoms with van der Waals surface area (Å²) in [6.07, 6.45) is -3.74. The second kappa shape index (κ2) is 8.88. The maximum Gasteiger partial charge on any atom is 0.418 e. The molecule has 0 radical (unpaired) electrons. The molecule has 12 heteroatoms. The van der Waals surface area contributed by atoms with E-state index in [1.54, 1.807) is 0 Å². The summed E-state index contributed by atoms with van der Waals surface area (Å²) in [5, 5.41) is 2.47. The third-order valence-electron chi connectivity index (χ3n) is 5.41. The van der Waals surface area contributed by atoms with Gasteiger partial charge in [-0.1, -0.05) is 6.07 Å². The summed E-state index contributed by atoms with van der Waals surface area (Å²) in [6, 6.07) is 5.63. The van der Waals surface area contributed by atoms with Crippen molar-refractivity contribution in [2.45, 2.75) is 43.2 Å². The maximum atomic E-state index is 13.8. The van der Waals surface area contributed by atoms with Crippen molar-refractivity contribution in [2.24, 2.45) is 0 Å². The normalized spacial score (nSPS) is 18.3. The van der Waals surface area contributed by atoms with Crippen LogP contribution in [0.25, 0.3) is 0 Å². The summed E-state index contributed by atoms with van der Waals surface area (Å²) in [4.78, 5) is 18.5. The van der Waals surface area contributed by atoms with Gasteiger partial charge in [-0.05, 0) is 37.1 Å². The number of anilines is 2. The minimum Gasteiger partial charge on any atom is -0.356 e. The molecule has 1 unspecified atom stereocenters. The zero-order valence-corrected chi connectivity index (χ0v) is 18.7. The monoisotopic (exact) mass is 490 g/mol. The number of hydrogen-bond acceptors (Lipinski definition) is 5. The molecule has 2 N–H and O–H groups in total. The largest absolute Gasteiger partial charge is 0.418 e. The van der Waals surface area contributed by atoms with E-state index in [2.05, 4.69) is 10.3 Å². The van der Waals surface area contributed by atoms with Crippen LogP contribution >= 0.6 is 0 Å². The fourth-order valence-corrected chi connectivity index (χ4v) is 4.36. The Labute approximate surface area is 188 Å². The van der Waals surface area contributed by atoms with Crippen LogP contribution in [0.15, 0.2) is 35.4 Å². The van der Waals surface area contributed by atoms with E-state index in [9.17, 15) is 31.0 Å². The second-order valence-electron chi connectivity index (χ2n) is 8.02. The van der Waals surface area contributed by atoms with E-state index in [0.717, 1.165) is 6.92 Å². The van der Waals surface area contributed by atoms with Crippen LogP contribution in [-0.4, -0.2) is 40.4 Å².